The number of hydrogen-bond donors (Lipinski definition) is 4. The summed E-state index contributed by atoms with van der Waals surface area (Å²) in [4.78, 5) is 22.4. The Morgan fingerprint density at radius 2 is 2.00 bits per heavy atom. The molecule has 4 N–H and O–H groups in total. The summed E-state index contributed by atoms with van der Waals surface area (Å²) >= 11 is 0. The third-order valence-electron chi connectivity index (χ3n) is 7.13. The van der Waals surface area contributed by atoms with E-state index in [1.165, 1.54) is 10.9 Å². The summed E-state index contributed by atoms with van der Waals surface area (Å²) < 4.78 is 14.6. The van der Waals surface area contributed by atoms with E-state index >= 15 is 0 Å². The van der Waals surface area contributed by atoms with Crippen LogP contribution in [0.1, 0.15) is 61.7 Å². The van der Waals surface area contributed by atoms with Crippen LogP contribution in [0.3, 0.4) is 0 Å². The van der Waals surface area contributed by atoms with Gasteiger partial charge in [-0.25, -0.2) is 19.0 Å². The largest absolute Gasteiger partial charge is 0.384 e. The average molecular weight is 519 g/mol. The van der Waals surface area contributed by atoms with Gasteiger partial charge in [0.1, 0.15) is 11.4 Å². The van der Waals surface area contributed by atoms with Crippen LogP contribution < -0.4 is 10.6 Å². The summed E-state index contributed by atoms with van der Waals surface area (Å²) in [7, 11) is 0. The molecule has 0 spiro atoms. The molecule has 4 aromatic heterocycles. The van der Waals surface area contributed by atoms with Crippen LogP contribution in [0.5, 0.6) is 0 Å². The number of aryl methyl sites for hydroxylation is 2. The molecular formula is C27H31FN8O2. The van der Waals surface area contributed by atoms with Crippen LogP contribution in [-0.2, 0) is 10.4 Å². The number of rotatable bonds is 7. The molecule has 0 radical (unpaired) electrons. The van der Waals surface area contributed by atoms with Crippen LogP contribution in [0.2, 0.25) is 0 Å². The smallest absolute Gasteiger partial charge is 0.226 e. The Labute approximate surface area is 219 Å². The number of halogens is 1. The highest BCUT2D eigenvalue weighted by Crippen LogP contribution is 2.49. The maximum Gasteiger partial charge on any atom is 0.226 e. The fraction of sp³-hybridized carbons (Fsp3) is 0.370. The van der Waals surface area contributed by atoms with Gasteiger partial charge < -0.3 is 15.7 Å². The van der Waals surface area contributed by atoms with Gasteiger partial charge in [0.25, 0.3) is 0 Å². The average Bonchev–Trinajstić information content (AvgIpc) is 3.58. The molecule has 0 aliphatic heterocycles. The molecule has 198 valence electrons. The standard InChI is InChI=1S/C27H31FN8O2/c1-16-9-21(32-22(10-16)33-23-11-17(2)34-35-23)27(38)8-7-26(4,15-27)25(37)31-18(3)19-5-6-24(29-12-19)36-14-20(28)13-30-36/h5-6,9-14,18,38H,7-8,15H2,1-4H3,(H,31,37)(H2,32,33,34,35)/t18-,26+,27-/m0/s1. The van der Waals surface area contributed by atoms with Gasteiger partial charge in [-0.15, -0.1) is 0 Å². The number of H-pyrrole nitrogens is 1. The van der Waals surface area contributed by atoms with E-state index in [9.17, 15) is 14.3 Å². The molecule has 0 aromatic carbocycles. The zero-order valence-corrected chi connectivity index (χ0v) is 21.8. The van der Waals surface area contributed by atoms with Crippen molar-refractivity contribution in [3.63, 3.8) is 0 Å². The summed E-state index contributed by atoms with van der Waals surface area (Å²) in [6, 6.07) is 8.87. The van der Waals surface area contributed by atoms with Crippen LogP contribution in [0.4, 0.5) is 16.0 Å². The van der Waals surface area contributed by atoms with Gasteiger partial charge in [0.05, 0.1) is 24.1 Å². The van der Waals surface area contributed by atoms with Crippen LogP contribution >= 0.6 is 0 Å². The number of anilines is 2. The van der Waals surface area contributed by atoms with Crippen molar-refractivity contribution in [2.24, 2.45) is 5.41 Å². The minimum absolute atomic E-state index is 0.142. The van der Waals surface area contributed by atoms with Gasteiger partial charge in [0, 0.05) is 23.4 Å². The normalized spacial score (nSPS) is 21.8. The topological polar surface area (TPSA) is 134 Å². The SMILES string of the molecule is Cc1cc(Nc2cc(C)[nH]n2)nc([C@]2(O)CC[C@@](C)(C(=O)N[C@@H](C)c3ccc(-n4cc(F)cn4)nc3)C2)c1. The second-order valence-corrected chi connectivity index (χ2v) is 10.5. The number of carbonyl (C=O) groups excluding carboxylic acids is 1. The van der Waals surface area contributed by atoms with Crippen molar-refractivity contribution in [3.05, 3.63) is 77.3 Å². The molecule has 4 heterocycles. The van der Waals surface area contributed by atoms with Crippen LogP contribution in [0, 0.1) is 25.1 Å². The molecule has 5 rings (SSSR count). The number of pyridine rings is 2. The number of nitrogens with zero attached hydrogens (tertiary/aromatic N) is 5. The maximum atomic E-state index is 13.4. The Morgan fingerprint density at radius 1 is 1.18 bits per heavy atom. The Hall–Kier alpha value is -4.12. The Morgan fingerprint density at radius 3 is 2.66 bits per heavy atom. The zero-order valence-electron chi connectivity index (χ0n) is 21.8. The lowest BCUT2D eigenvalue weighted by atomic mass is 9.84. The Bertz CT molecular complexity index is 1470. The highest BCUT2D eigenvalue weighted by atomic mass is 19.1. The molecule has 1 saturated carbocycles. The van der Waals surface area contributed by atoms with Crippen molar-refractivity contribution >= 4 is 17.5 Å². The van der Waals surface area contributed by atoms with Crippen molar-refractivity contribution in [2.45, 2.75) is 58.6 Å². The Balaban J connectivity index is 1.27. The first kappa shape index (κ1) is 25.5. The lowest BCUT2D eigenvalue weighted by Crippen LogP contribution is -2.40. The van der Waals surface area contributed by atoms with Gasteiger partial charge in [-0.05, 0) is 69.4 Å². The van der Waals surface area contributed by atoms with Crippen molar-refractivity contribution in [1.29, 1.82) is 0 Å². The molecule has 10 nitrogen and oxygen atoms in total. The van der Waals surface area contributed by atoms with Crippen LogP contribution in [0.15, 0.2) is 48.9 Å². The number of aromatic nitrogens is 6. The molecule has 1 fully saturated rings. The monoisotopic (exact) mass is 518 g/mol. The summed E-state index contributed by atoms with van der Waals surface area (Å²) in [5.41, 5.74) is 1.19. The number of aliphatic hydroxyl groups is 1. The maximum absolute atomic E-state index is 13.4. The molecule has 0 saturated heterocycles. The quantitative estimate of drug-likeness (QED) is 0.289. The first-order valence-corrected chi connectivity index (χ1v) is 12.5. The van der Waals surface area contributed by atoms with Gasteiger partial charge in [0.15, 0.2) is 17.5 Å². The fourth-order valence-corrected chi connectivity index (χ4v) is 4.97. The number of hydrogen-bond acceptors (Lipinski definition) is 7. The van der Waals surface area contributed by atoms with E-state index in [-0.39, 0.29) is 18.4 Å². The van der Waals surface area contributed by atoms with E-state index in [0.29, 0.717) is 36.0 Å². The number of nitrogens with one attached hydrogen (secondary N) is 3. The first-order chi connectivity index (χ1) is 18.0. The van der Waals surface area contributed by atoms with Gasteiger partial charge in [-0.2, -0.15) is 10.2 Å². The second kappa shape index (κ2) is 9.64. The fourth-order valence-electron chi connectivity index (χ4n) is 4.97. The molecule has 1 aliphatic rings. The Kier molecular flexibility index (Phi) is 6.47. The minimum Gasteiger partial charge on any atom is -0.384 e. The molecule has 1 amide bonds. The summed E-state index contributed by atoms with van der Waals surface area (Å²) in [5.74, 6) is 1.12. The van der Waals surface area contributed by atoms with Crippen LogP contribution in [0.25, 0.3) is 5.82 Å². The van der Waals surface area contributed by atoms with Crippen LogP contribution in [-0.4, -0.2) is 41.0 Å². The molecule has 11 heteroatoms. The molecule has 0 unspecified atom stereocenters. The molecular weight excluding hydrogens is 487 g/mol. The van der Waals surface area contributed by atoms with E-state index in [4.69, 9.17) is 0 Å². The highest BCUT2D eigenvalue weighted by molar-refractivity contribution is 5.83. The molecule has 0 bridgehead atoms. The van der Waals surface area contributed by atoms with Crippen molar-refractivity contribution in [3.8, 4) is 5.82 Å². The molecule has 4 aromatic rings. The zero-order chi connectivity index (χ0) is 27.1. The molecule has 38 heavy (non-hydrogen) atoms. The molecule has 1 aliphatic carbocycles. The van der Waals surface area contributed by atoms with Crippen molar-refractivity contribution in [1.82, 2.24) is 35.3 Å². The number of aromatic amines is 1. The lowest BCUT2D eigenvalue weighted by Gasteiger charge is -2.28. The van der Waals surface area contributed by atoms with Gasteiger partial charge >= 0.3 is 0 Å². The van der Waals surface area contributed by atoms with Crippen molar-refractivity contribution in [2.75, 3.05) is 5.32 Å². The summed E-state index contributed by atoms with van der Waals surface area (Å²) in [6.45, 7) is 7.61. The van der Waals surface area contributed by atoms with Gasteiger partial charge in [0.2, 0.25) is 5.91 Å². The van der Waals surface area contributed by atoms with Gasteiger partial charge in [-0.3, -0.25) is 9.89 Å². The predicted octanol–water partition coefficient (Wildman–Crippen LogP) is 4.14. The number of carbonyl (C=O) groups is 1. The number of amides is 1. The van der Waals surface area contributed by atoms with Crippen molar-refractivity contribution < 1.29 is 14.3 Å². The first-order valence-electron chi connectivity index (χ1n) is 12.5. The van der Waals surface area contributed by atoms with E-state index in [1.54, 1.807) is 12.3 Å². The van der Waals surface area contributed by atoms with E-state index in [1.807, 2.05) is 52.0 Å². The molecule has 3 atom stereocenters. The predicted molar refractivity (Wildman–Crippen MR) is 139 cm³/mol. The summed E-state index contributed by atoms with van der Waals surface area (Å²) in [6.07, 6.45) is 5.18. The third-order valence-corrected chi connectivity index (χ3v) is 7.13. The highest BCUT2D eigenvalue weighted by Gasteiger charge is 2.50. The van der Waals surface area contributed by atoms with Gasteiger partial charge in [-0.1, -0.05) is 13.0 Å². The summed E-state index contributed by atoms with van der Waals surface area (Å²) in [5, 5.41) is 28.9. The lowest BCUT2D eigenvalue weighted by molar-refractivity contribution is -0.131. The third kappa shape index (κ3) is 5.14. The second-order valence-electron chi connectivity index (χ2n) is 10.5. The minimum atomic E-state index is -1.23. The van der Waals surface area contributed by atoms with E-state index < -0.39 is 16.8 Å². The van der Waals surface area contributed by atoms with E-state index in [2.05, 4.69) is 35.9 Å². The van der Waals surface area contributed by atoms with E-state index in [0.717, 1.165) is 23.0 Å².